The van der Waals surface area contributed by atoms with Gasteiger partial charge in [0.2, 0.25) is 0 Å². The molecule has 4 aliphatic carbocycles. The second-order valence-electron chi connectivity index (χ2n) is 9.59. The third-order valence-electron chi connectivity index (χ3n) is 7.60. The van der Waals surface area contributed by atoms with Gasteiger partial charge in [-0.25, -0.2) is 0 Å². The van der Waals surface area contributed by atoms with Gasteiger partial charge in [-0.05, 0) is 97.6 Å². The molecule has 0 atom stereocenters. The molecular weight excluding hydrogens is 362 g/mol. The first-order valence-corrected chi connectivity index (χ1v) is 11.0. The maximum absolute atomic E-state index is 12.7. The molecule has 1 N–H and O–H groups in total. The van der Waals surface area contributed by atoms with Gasteiger partial charge in [0.05, 0.1) is 0 Å². The molecule has 0 radical (unpaired) electrons. The Hall–Kier alpha value is -2.49. The number of anilines is 1. The van der Waals surface area contributed by atoms with E-state index in [9.17, 15) is 4.79 Å². The lowest BCUT2D eigenvalue weighted by Crippen LogP contribution is -2.48. The standard InChI is InChI=1S/C25H27NO3/c27-24(19-1-6-22-23(12-19)29-8-7-28-22)26-21-4-2-20(3-5-21)25-13-16-9-17(14-25)11-18(10-16)15-25/h1-6,12,16-18H,7-11,13-15H2,(H,26,27). The van der Waals surface area contributed by atoms with E-state index in [1.165, 1.54) is 44.1 Å². The molecule has 4 saturated carbocycles. The summed E-state index contributed by atoms with van der Waals surface area (Å²) in [6.45, 7) is 1.07. The molecule has 0 unspecified atom stereocenters. The van der Waals surface area contributed by atoms with Gasteiger partial charge in [0.15, 0.2) is 11.5 Å². The van der Waals surface area contributed by atoms with E-state index < -0.39 is 0 Å². The van der Waals surface area contributed by atoms with Crippen molar-refractivity contribution < 1.29 is 14.3 Å². The number of rotatable bonds is 3. The predicted octanol–water partition coefficient (Wildman–Crippen LogP) is 5.18. The second kappa shape index (κ2) is 6.51. The van der Waals surface area contributed by atoms with E-state index in [4.69, 9.17) is 9.47 Å². The third kappa shape index (κ3) is 3.00. The zero-order chi connectivity index (χ0) is 19.4. The van der Waals surface area contributed by atoms with Crippen molar-refractivity contribution in [1.29, 1.82) is 0 Å². The molecule has 29 heavy (non-hydrogen) atoms. The Balaban J connectivity index is 1.19. The van der Waals surface area contributed by atoms with E-state index in [2.05, 4.69) is 29.6 Å². The van der Waals surface area contributed by atoms with Gasteiger partial charge in [0.25, 0.3) is 5.91 Å². The molecule has 1 aliphatic heterocycles. The summed E-state index contributed by atoms with van der Waals surface area (Å²) in [7, 11) is 0. The summed E-state index contributed by atoms with van der Waals surface area (Å²) in [5.74, 6) is 4.04. The molecule has 7 rings (SSSR count). The van der Waals surface area contributed by atoms with Crippen molar-refractivity contribution in [2.75, 3.05) is 18.5 Å². The maximum atomic E-state index is 12.7. The molecule has 2 aromatic carbocycles. The summed E-state index contributed by atoms with van der Waals surface area (Å²) in [5.41, 5.74) is 3.30. The summed E-state index contributed by atoms with van der Waals surface area (Å²) < 4.78 is 11.1. The van der Waals surface area contributed by atoms with Crippen LogP contribution < -0.4 is 14.8 Å². The predicted molar refractivity (Wildman–Crippen MR) is 112 cm³/mol. The van der Waals surface area contributed by atoms with Crippen LogP contribution in [0.4, 0.5) is 5.69 Å². The second-order valence-corrected chi connectivity index (χ2v) is 9.59. The van der Waals surface area contributed by atoms with Crippen LogP contribution in [-0.2, 0) is 5.41 Å². The number of hydrogen-bond donors (Lipinski definition) is 1. The fourth-order valence-corrected chi connectivity index (χ4v) is 6.76. The van der Waals surface area contributed by atoms with Crippen molar-refractivity contribution in [3.8, 4) is 11.5 Å². The zero-order valence-electron chi connectivity index (χ0n) is 16.7. The highest BCUT2D eigenvalue weighted by molar-refractivity contribution is 6.04. The maximum Gasteiger partial charge on any atom is 0.255 e. The Kier molecular flexibility index (Phi) is 3.90. The minimum atomic E-state index is -0.121. The molecule has 4 fully saturated rings. The first-order chi connectivity index (χ1) is 14.2. The summed E-state index contributed by atoms with van der Waals surface area (Å²) in [4.78, 5) is 12.7. The quantitative estimate of drug-likeness (QED) is 0.787. The minimum absolute atomic E-state index is 0.121. The average molecular weight is 389 g/mol. The summed E-state index contributed by atoms with van der Waals surface area (Å²) in [6.07, 6.45) is 8.47. The Morgan fingerprint density at radius 2 is 1.45 bits per heavy atom. The molecule has 0 aromatic heterocycles. The van der Waals surface area contributed by atoms with Crippen molar-refractivity contribution in [1.82, 2.24) is 0 Å². The Morgan fingerprint density at radius 3 is 2.10 bits per heavy atom. The third-order valence-corrected chi connectivity index (χ3v) is 7.60. The molecule has 1 heterocycles. The van der Waals surface area contributed by atoms with Gasteiger partial charge in [-0.15, -0.1) is 0 Å². The first-order valence-electron chi connectivity index (χ1n) is 11.0. The minimum Gasteiger partial charge on any atom is -0.486 e. The van der Waals surface area contributed by atoms with E-state index >= 15 is 0 Å². The molecule has 0 spiro atoms. The Bertz CT molecular complexity index is 914. The van der Waals surface area contributed by atoms with Crippen LogP contribution in [0.5, 0.6) is 11.5 Å². The van der Waals surface area contributed by atoms with Crippen molar-refractivity contribution >= 4 is 11.6 Å². The lowest BCUT2D eigenvalue weighted by atomic mass is 9.48. The number of fused-ring (bicyclic) bond motifs is 1. The highest BCUT2D eigenvalue weighted by atomic mass is 16.6. The number of hydrogen-bond acceptors (Lipinski definition) is 3. The molecule has 4 nitrogen and oxygen atoms in total. The Morgan fingerprint density at radius 1 is 0.828 bits per heavy atom. The van der Waals surface area contributed by atoms with E-state index in [1.807, 2.05) is 0 Å². The molecule has 4 heteroatoms. The largest absolute Gasteiger partial charge is 0.486 e. The van der Waals surface area contributed by atoms with Crippen molar-refractivity contribution in [2.45, 2.75) is 43.9 Å². The SMILES string of the molecule is O=C(Nc1ccc(C23CC4CC(CC(C4)C2)C3)cc1)c1ccc2c(c1)OCCO2. The topological polar surface area (TPSA) is 47.6 Å². The summed E-state index contributed by atoms with van der Waals surface area (Å²) in [5, 5.41) is 3.03. The summed E-state index contributed by atoms with van der Waals surface area (Å²) in [6, 6.07) is 14.0. The van der Waals surface area contributed by atoms with Gasteiger partial charge in [0, 0.05) is 11.3 Å². The molecular formula is C25H27NO3. The van der Waals surface area contributed by atoms with Gasteiger partial charge >= 0.3 is 0 Å². The number of ether oxygens (including phenoxy) is 2. The Labute approximate surface area is 171 Å². The van der Waals surface area contributed by atoms with Crippen LogP contribution in [0.25, 0.3) is 0 Å². The van der Waals surface area contributed by atoms with Crippen molar-refractivity contribution in [2.24, 2.45) is 17.8 Å². The van der Waals surface area contributed by atoms with Crippen LogP contribution in [0.3, 0.4) is 0 Å². The molecule has 0 saturated heterocycles. The molecule has 1 amide bonds. The van der Waals surface area contributed by atoms with Crippen LogP contribution in [0.2, 0.25) is 0 Å². The number of nitrogens with one attached hydrogen (secondary N) is 1. The first kappa shape index (κ1) is 17.4. The fraction of sp³-hybridized carbons (Fsp3) is 0.480. The van der Waals surface area contributed by atoms with Gasteiger partial charge in [-0.1, -0.05) is 12.1 Å². The lowest BCUT2D eigenvalue weighted by molar-refractivity contribution is -0.00518. The van der Waals surface area contributed by atoms with E-state index in [1.54, 1.807) is 18.2 Å². The highest BCUT2D eigenvalue weighted by Crippen LogP contribution is 2.60. The van der Waals surface area contributed by atoms with Gasteiger partial charge in [-0.3, -0.25) is 4.79 Å². The van der Waals surface area contributed by atoms with Crippen molar-refractivity contribution in [3.05, 3.63) is 53.6 Å². The van der Waals surface area contributed by atoms with Crippen LogP contribution in [0.1, 0.15) is 54.4 Å². The lowest BCUT2D eigenvalue weighted by Gasteiger charge is -2.57. The summed E-state index contributed by atoms with van der Waals surface area (Å²) >= 11 is 0. The van der Waals surface area contributed by atoms with Crippen LogP contribution in [-0.4, -0.2) is 19.1 Å². The van der Waals surface area contributed by atoms with E-state index in [0.717, 1.165) is 23.4 Å². The van der Waals surface area contributed by atoms with Crippen LogP contribution in [0, 0.1) is 17.8 Å². The van der Waals surface area contributed by atoms with Crippen molar-refractivity contribution in [3.63, 3.8) is 0 Å². The molecule has 5 aliphatic rings. The number of carbonyl (C=O) groups is 1. The van der Waals surface area contributed by atoms with E-state index in [-0.39, 0.29) is 5.91 Å². The van der Waals surface area contributed by atoms with Crippen LogP contribution in [0.15, 0.2) is 42.5 Å². The number of carbonyl (C=O) groups excluding carboxylic acids is 1. The zero-order valence-corrected chi connectivity index (χ0v) is 16.7. The monoisotopic (exact) mass is 389 g/mol. The van der Waals surface area contributed by atoms with Gasteiger partial charge in [0.1, 0.15) is 13.2 Å². The van der Waals surface area contributed by atoms with Crippen LogP contribution >= 0.6 is 0 Å². The normalized spacial score (nSPS) is 31.5. The average Bonchev–Trinajstić information content (AvgIpc) is 2.73. The molecule has 4 bridgehead atoms. The molecule has 150 valence electrons. The molecule has 2 aromatic rings. The van der Waals surface area contributed by atoms with Gasteiger partial charge in [-0.2, -0.15) is 0 Å². The smallest absolute Gasteiger partial charge is 0.255 e. The van der Waals surface area contributed by atoms with Gasteiger partial charge < -0.3 is 14.8 Å². The van der Waals surface area contributed by atoms with E-state index in [0.29, 0.717) is 35.7 Å². The fourth-order valence-electron chi connectivity index (χ4n) is 6.76. The number of amides is 1. The number of benzene rings is 2. The highest BCUT2D eigenvalue weighted by Gasteiger charge is 2.51.